The number of benzene rings is 2. The monoisotopic (exact) mass is 343 g/mol. The number of nitrogens with two attached hydrogens (primary N) is 1. The number of rotatable bonds is 9. The molecule has 25 heavy (non-hydrogen) atoms. The number of hydrogen-bond donors (Lipinski definition) is 1. The first kappa shape index (κ1) is 19.1. The molecule has 0 bridgehead atoms. The van der Waals surface area contributed by atoms with E-state index in [1.54, 1.807) is 7.11 Å². The highest BCUT2D eigenvalue weighted by atomic mass is 16.5. The van der Waals surface area contributed by atoms with E-state index in [4.69, 9.17) is 19.9 Å². The lowest BCUT2D eigenvalue weighted by atomic mass is 9.90. The van der Waals surface area contributed by atoms with Crippen LogP contribution in [0.2, 0.25) is 0 Å². The van der Waals surface area contributed by atoms with E-state index in [1.807, 2.05) is 32.0 Å². The average molecular weight is 343 g/mol. The van der Waals surface area contributed by atoms with Crippen molar-refractivity contribution < 1.29 is 14.2 Å². The van der Waals surface area contributed by atoms with Gasteiger partial charge in [0.1, 0.15) is 5.75 Å². The maximum atomic E-state index is 6.13. The molecule has 2 N–H and O–H groups in total. The summed E-state index contributed by atoms with van der Waals surface area (Å²) in [4.78, 5) is 0. The normalized spacial score (nSPS) is 11.9. The Morgan fingerprint density at radius 2 is 1.76 bits per heavy atom. The van der Waals surface area contributed by atoms with Gasteiger partial charge in [0, 0.05) is 5.92 Å². The quantitative estimate of drug-likeness (QED) is 0.745. The van der Waals surface area contributed by atoms with Gasteiger partial charge < -0.3 is 19.9 Å². The fraction of sp³-hybridized carbons (Fsp3) is 0.429. The van der Waals surface area contributed by atoms with Gasteiger partial charge in [0.15, 0.2) is 11.5 Å². The highest BCUT2D eigenvalue weighted by molar-refractivity contribution is 5.48. The first-order chi connectivity index (χ1) is 12.1. The van der Waals surface area contributed by atoms with Gasteiger partial charge in [-0.25, -0.2) is 0 Å². The summed E-state index contributed by atoms with van der Waals surface area (Å²) >= 11 is 0. The van der Waals surface area contributed by atoms with Crippen molar-refractivity contribution in [2.24, 2.45) is 5.73 Å². The van der Waals surface area contributed by atoms with Crippen molar-refractivity contribution in [3.8, 4) is 17.2 Å². The lowest BCUT2D eigenvalue weighted by molar-refractivity contribution is 0.306. The fourth-order valence-electron chi connectivity index (χ4n) is 3.05. The predicted molar refractivity (Wildman–Crippen MR) is 102 cm³/mol. The fourth-order valence-corrected chi connectivity index (χ4v) is 3.05. The molecule has 2 rings (SSSR count). The smallest absolute Gasteiger partial charge is 0.164 e. The van der Waals surface area contributed by atoms with Crippen LogP contribution in [-0.2, 0) is 6.42 Å². The molecule has 0 saturated heterocycles. The van der Waals surface area contributed by atoms with Crippen molar-refractivity contribution in [1.82, 2.24) is 0 Å². The molecule has 0 aliphatic heterocycles. The Labute approximate surface area is 150 Å². The van der Waals surface area contributed by atoms with E-state index in [2.05, 4.69) is 25.1 Å². The Morgan fingerprint density at radius 3 is 2.40 bits per heavy atom. The maximum Gasteiger partial charge on any atom is 0.164 e. The van der Waals surface area contributed by atoms with Crippen LogP contribution in [0.5, 0.6) is 17.2 Å². The molecule has 0 amide bonds. The van der Waals surface area contributed by atoms with Crippen molar-refractivity contribution in [1.29, 1.82) is 0 Å². The SMILES string of the molecule is CCOc1ccc(C)cc1C(CN)Cc1cccc(OC)c1OCC. The number of ether oxygens (including phenoxy) is 3. The molecule has 0 aliphatic carbocycles. The molecule has 0 radical (unpaired) electrons. The van der Waals surface area contributed by atoms with E-state index in [9.17, 15) is 0 Å². The summed E-state index contributed by atoms with van der Waals surface area (Å²) < 4.78 is 17.1. The van der Waals surface area contributed by atoms with Crippen LogP contribution in [0.3, 0.4) is 0 Å². The molecule has 1 atom stereocenters. The Kier molecular flexibility index (Phi) is 7.14. The van der Waals surface area contributed by atoms with Crippen molar-refractivity contribution in [3.63, 3.8) is 0 Å². The molecule has 0 spiro atoms. The van der Waals surface area contributed by atoms with Crippen LogP contribution in [0.4, 0.5) is 0 Å². The molecule has 136 valence electrons. The second kappa shape index (κ2) is 9.33. The van der Waals surface area contributed by atoms with Crippen molar-refractivity contribution in [3.05, 3.63) is 53.1 Å². The minimum Gasteiger partial charge on any atom is -0.494 e. The molecule has 0 aromatic heterocycles. The Hall–Kier alpha value is -2.20. The highest BCUT2D eigenvalue weighted by Crippen LogP contribution is 2.36. The number of hydrogen-bond acceptors (Lipinski definition) is 4. The molecule has 0 fully saturated rings. The Balaban J connectivity index is 2.39. The van der Waals surface area contributed by atoms with Gasteiger partial charge in [-0.2, -0.15) is 0 Å². The summed E-state index contributed by atoms with van der Waals surface area (Å²) in [6, 6.07) is 12.3. The predicted octanol–water partition coefficient (Wildman–Crippen LogP) is 4.09. The molecule has 2 aromatic rings. The third kappa shape index (κ3) is 4.67. The lowest BCUT2D eigenvalue weighted by Crippen LogP contribution is -2.17. The van der Waals surface area contributed by atoms with Crippen LogP contribution in [0, 0.1) is 6.92 Å². The van der Waals surface area contributed by atoms with Crippen molar-refractivity contribution in [2.75, 3.05) is 26.9 Å². The zero-order chi connectivity index (χ0) is 18.2. The number of methoxy groups -OCH3 is 1. The molecule has 0 saturated carbocycles. The van der Waals surface area contributed by atoms with Crippen LogP contribution < -0.4 is 19.9 Å². The van der Waals surface area contributed by atoms with Crippen LogP contribution in [0.15, 0.2) is 36.4 Å². The second-order valence-corrected chi connectivity index (χ2v) is 5.99. The standard InChI is InChI=1S/C21H29NO3/c1-5-24-19-11-10-15(3)12-18(19)17(14-22)13-16-8-7-9-20(23-4)21(16)25-6-2/h7-12,17H,5-6,13-14,22H2,1-4H3. The maximum absolute atomic E-state index is 6.13. The zero-order valence-corrected chi connectivity index (χ0v) is 15.7. The van der Waals surface area contributed by atoms with Crippen LogP contribution in [0.1, 0.15) is 36.5 Å². The summed E-state index contributed by atoms with van der Waals surface area (Å²) in [5, 5.41) is 0. The highest BCUT2D eigenvalue weighted by Gasteiger charge is 2.19. The van der Waals surface area contributed by atoms with Gasteiger partial charge in [-0.15, -0.1) is 0 Å². The van der Waals surface area contributed by atoms with Crippen LogP contribution >= 0.6 is 0 Å². The molecular formula is C21H29NO3. The third-order valence-corrected chi connectivity index (χ3v) is 4.22. The van der Waals surface area contributed by atoms with Crippen LogP contribution in [-0.4, -0.2) is 26.9 Å². The first-order valence-corrected chi connectivity index (χ1v) is 8.86. The third-order valence-electron chi connectivity index (χ3n) is 4.22. The molecule has 4 nitrogen and oxygen atoms in total. The molecule has 1 unspecified atom stereocenters. The van der Waals surface area contributed by atoms with Gasteiger partial charge >= 0.3 is 0 Å². The van der Waals surface area contributed by atoms with Gasteiger partial charge in [0.05, 0.1) is 20.3 Å². The molecule has 4 heteroatoms. The molecular weight excluding hydrogens is 314 g/mol. The number of para-hydroxylation sites is 1. The van der Waals surface area contributed by atoms with Gasteiger partial charge in [-0.3, -0.25) is 0 Å². The van der Waals surface area contributed by atoms with E-state index >= 15 is 0 Å². The van der Waals surface area contributed by atoms with Gasteiger partial charge in [0.25, 0.3) is 0 Å². The average Bonchev–Trinajstić information content (AvgIpc) is 2.62. The number of aryl methyl sites for hydroxylation is 1. The van der Waals surface area contributed by atoms with Gasteiger partial charge in [0.2, 0.25) is 0 Å². The van der Waals surface area contributed by atoms with E-state index in [0.29, 0.717) is 19.8 Å². The summed E-state index contributed by atoms with van der Waals surface area (Å²) in [6.45, 7) is 7.82. The molecule has 2 aromatic carbocycles. The van der Waals surface area contributed by atoms with Crippen molar-refractivity contribution >= 4 is 0 Å². The zero-order valence-electron chi connectivity index (χ0n) is 15.7. The van der Waals surface area contributed by atoms with E-state index < -0.39 is 0 Å². The van der Waals surface area contributed by atoms with Crippen LogP contribution in [0.25, 0.3) is 0 Å². The minimum atomic E-state index is 0.146. The lowest BCUT2D eigenvalue weighted by Gasteiger charge is -2.22. The molecule has 0 aliphatic rings. The summed E-state index contributed by atoms with van der Waals surface area (Å²) in [6.07, 6.45) is 0.770. The minimum absolute atomic E-state index is 0.146. The second-order valence-electron chi connectivity index (χ2n) is 5.99. The van der Waals surface area contributed by atoms with E-state index in [0.717, 1.165) is 34.8 Å². The topological polar surface area (TPSA) is 53.7 Å². The Morgan fingerprint density at radius 1 is 1.00 bits per heavy atom. The van der Waals surface area contributed by atoms with Crippen molar-refractivity contribution in [2.45, 2.75) is 33.1 Å². The van der Waals surface area contributed by atoms with E-state index in [-0.39, 0.29) is 5.92 Å². The van der Waals surface area contributed by atoms with Gasteiger partial charge in [-0.05, 0) is 57.0 Å². The largest absolute Gasteiger partial charge is 0.494 e. The van der Waals surface area contributed by atoms with E-state index in [1.165, 1.54) is 5.56 Å². The molecule has 0 heterocycles. The summed E-state index contributed by atoms with van der Waals surface area (Å²) in [5.41, 5.74) is 9.58. The Bertz CT molecular complexity index is 685. The first-order valence-electron chi connectivity index (χ1n) is 8.86. The summed E-state index contributed by atoms with van der Waals surface area (Å²) in [7, 11) is 1.66. The van der Waals surface area contributed by atoms with Gasteiger partial charge in [-0.1, -0.05) is 29.8 Å². The summed E-state index contributed by atoms with van der Waals surface area (Å²) in [5.74, 6) is 2.61.